The van der Waals surface area contributed by atoms with E-state index in [1.165, 1.54) is 0 Å². The minimum Gasteiger partial charge on any atom is -0.467 e. The second kappa shape index (κ2) is 9.43. The fraction of sp³-hybridized carbons (Fsp3) is 0.333. The van der Waals surface area contributed by atoms with Gasteiger partial charge in [-0.25, -0.2) is 9.78 Å². The Morgan fingerprint density at radius 1 is 0.944 bits per heavy atom. The van der Waals surface area contributed by atoms with Crippen molar-refractivity contribution in [3.8, 4) is 17.3 Å². The summed E-state index contributed by atoms with van der Waals surface area (Å²) in [6.07, 6.45) is -0.299. The topological polar surface area (TPSA) is 80.7 Å². The van der Waals surface area contributed by atoms with Gasteiger partial charge >= 0.3 is 12.1 Å². The first-order chi connectivity index (χ1) is 17.2. The Hall–Kier alpha value is -3.65. The molecule has 0 saturated carbocycles. The van der Waals surface area contributed by atoms with Crippen LogP contribution in [0.4, 0.5) is 10.6 Å². The first-order valence-electron chi connectivity index (χ1n) is 11.9. The SMILES string of the molecule is COc1nc(N2CCN(C(=O)OC(C)(C)C)CC2)c2ccc(-c3cccc4cccc(Cl)c34)nc2n1. The maximum Gasteiger partial charge on any atom is 0.410 e. The maximum atomic E-state index is 12.5. The van der Waals surface area contributed by atoms with Crippen molar-refractivity contribution in [2.75, 3.05) is 38.2 Å². The van der Waals surface area contributed by atoms with Gasteiger partial charge in [-0.05, 0) is 44.4 Å². The lowest BCUT2D eigenvalue weighted by Gasteiger charge is -2.36. The summed E-state index contributed by atoms with van der Waals surface area (Å²) in [7, 11) is 1.54. The Morgan fingerprint density at radius 2 is 1.67 bits per heavy atom. The van der Waals surface area contributed by atoms with Gasteiger partial charge in [0.1, 0.15) is 11.4 Å². The number of rotatable bonds is 3. The molecular formula is C27H28ClN5O3. The molecule has 1 fully saturated rings. The number of benzene rings is 2. The maximum absolute atomic E-state index is 12.5. The number of pyridine rings is 1. The van der Waals surface area contributed by atoms with Gasteiger partial charge in [0.15, 0.2) is 5.65 Å². The molecule has 9 heteroatoms. The van der Waals surface area contributed by atoms with Crippen LogP contribution in [-0.4, -0.2) is 64.8 Å². The molecular weight excluding hydrogens is 478 g/mol. The Balaban J connectivity index is 1.49. The number of nitrogens with zero attached hydrogens (tertiary/aromatic N) is 5. The minimum absolute atomic E-state index is 0.243. The molecule has 186 valence electrons. The van der Waals surface area contributed by atoms with Crippen LogP contribution in [0.15, 0.2) is 48.5 Å². The van der Waals surface area contributed by atoms with Crippen molar-refractivity contribution in [3.63, 3.8) is 0 Å². The van der Waals surface area contributed by atoms with Crippen molar-refractivity contribution < 1.29 is 14.3 Å². The van der Waals surface area contributed by atoms with Gasteiger partial charge < -0.3 is 19.3 Å². The van der Waals surface area contributed by atoms with E-state index in [-0.39, 0.29) is 12.1 Å². The standard InChI is InChI=1S/C27H28ClN5O3/c1-27(2,3)36-26(34)33-15-13-32(14-16-33)24-19-11-12-21(29-23(19)30-25(31-24)35-4)18-9-5-7-17-8-6-10-20(28)22(17)18/h5-12H,13-16H2,1-4H3. The van der Waals surface area contributed by atoms with E-state index in [9.17, 15) is 4.79 Å². The predicted molar refractivity (Wildman–Crippen MR) is 142 cm³/mol. The molecule has 36 heavy (non-hydrogen) atoms. The Kier molecular flexibility index (Phi) is 6.30. The molecule has 2 aromatic carbocycles. The molecule has 0 radical (unpaired) electrons. The van der Waals surface area contributed by atoms with Gasteiger partial charge in [0, 0.05) is 42.2 Å². The van der Waals surface area contributed by atoms with Crippen molar-refractivity contribution in [2.45, 2.75) is 26.4 Å². The van der Waals surface area contributed by atoms with Gasteiger partial charge in [-0.3, -0.25) is 0 Å². The lowest BCUT2D eigenvalue weighted by molar-refractivity contribution is 0.0240. The number of ether oxygens (including phenoxy) is 2. The average molecular weight is 506 g/mol. The molecule has 2 aromatic heterocycles. The minimum atomic E-state index is -0.526. The summed E-state index contributed by atoms with van der Waals surface area (Å²) in [5.41, 5.74) is 1.71. The first kappa shape index (κ1) is 24.1. The summed E-state index contributed by atoms with van der Waals surface area (Å²) < 4.78 is 10.9. The van der Waals surface area contributed by atoms with Crippen molar-refractivity contribution in [3.05, 3.63) is 53.6 Å². The van der Waals surface area contributed by atoms with Gasteiger partial charge in [-0.15, -0.1) is 0 Å². The quantitative estimate of drug-likeness (QED) is 0.360. The molecule has 8 nitrogen and oxygen atoms in total. The molecule has 0 N–H and O–H groups in total. The Labute approximate surface area is 214 Å². The van der Waals surface area contributed by atoms with Crippen LogP contribution in [0.1, 0.15) is 20.8 Å². The van der Waals surface area contributed by atoms with E-state index in [1.54, 1.807) is 12.0 Å². The van der Waals surface area contributed by atoms with Crippen LogP contribution in [0.5, 0.6) is 6.01 Å². The van der Waals surface area contributed by atoms with Gasteiger partial charge in [-0.2, -0.15) is 9.97 Å². The highest BCUT2D eigenvalue weighted by Crippen LogP contribution is 2.35. The molecule has 0 spiro atoms. The lowest BCUT2D eigenvalue weighted by Crippen LogP contribution is -2.50. The number of methoxy groups -OCH3 is 1. The fourth-order valence-electron chi connectivity index (χ4n) is 4.39. The smallest absolute Gasteiger partial charge is 0.410 e. The normalized spacial score (nSPS) is 14.4. The number of piperazine rings is 1. The van der Waals surface area contributed by atoms with Crippen LogP contribution in [0, 0.1) is 0 Å². The molecule has 1 saturated heterocycles. The predicted octanol–water partition coefficient (Wildman–Crippen LogP) is 5.56. The zero-order valence-electron chi connectivity index (χ0n) is 20.8. The second-order valence-electron chi connectivity index (χ2n) is 9.70. The number of anilines is 1. The molecule has 4 aromatic rings. The molecule has 1 aliphatic rings. The Morgan fingerprint density at radius 3 is 2.36 bits per heavy atom. The highest BCUT2D eigenvalue weighted by molar-refractivity contribution is 6.36. The lowest BCUT2D eigenvalue weighted by atomic mass is 10.0. The van der Waals surface area contributed by atoms with Crippen molar-refractivity contribution >= 4 is 45.3 Å². The van der Waals surface area contributed by atoms with E-state index in [0.717, 1.165) is 33.2 Å². The van der Waals surface area contributed by atoms with Crippen molar-refractivity contribution in [1.29, 1.82) is 0 Å². The summed E-state index contributed by atoms with van der Waals surface area (Å²) >= 11 is 6.56. The molecule has 5 rings (SSSR count). The van der Waals surface area contributed by atoms with Gasteiger partial charge in [0.05, 0.1) is 18.2 Å². The van der Waals surface area contributed by atoms with Crippen LogP contribution >= 0.6 is 11.6 Å². The number of aromatic nitrogens is 3. The highest BCUT2D eigenvalue weighted by Gasteiger charge is 2.27. The molecule has 1 aliphatic heterocycles. The number of hydrogen-bond donors (Lipinski definition) is 0. The highest BCUT2D eigenvalue weighted by atomic mass is 35.5. The fourth-order valence-corrected chi connectivity index (χ4v) is 4.68. The van der Waals surface area contributed by atoms with E-state index in [1.807, 2.05) is 69.3 Å². The van der Waals surface area contributed by atoms with Crippen LogP contribution in [0.25, 0.3) is 33.1 Å². The largest absolute Gasteiger partial charge is 0.467 e. The van der Waals surface area contributed by atoms with E-state index < -0.39 is 5.60 Å². The monoisotopic (exact) mass is 505 g/mol. The van der Waals surface area contributed by atoms with E-state index >= 15 is 0 Å². The number of carbonyl (C=O) groups excluding carboxylic acids is 1. The van der Waals surface area contributed by atoms with Gasteiger partial charge in [0.2, 0.25) is 0 Å². The number of carbonyl (C=O) groups is 1. The third-order valence-electron chi connectivity index (χ3n) is 6.06. The zero-order chi connectivity index (χ0) is 25.4. The third-order valence-corrected chi connectivity index (χ3v) is 6.38. The number of hydrogen-bond acceptors (Lipinski definition) is 7. The van der Waals surface area contributed by atoms with Gasteiger partial charge in [0.25, 0.3) is 0 Å². The molecule has 0 bridgehead atoms. The van der Waals surface area contributed by atoms with Crippen LogP contribution in [0.3, 0.4) is 0 Å². The Bertz CT molecular complexity index is 1440. The van der Waals surface area contributed by atoms with E-state index in [4.69, 9.17) is 26.1 Å². The van der Waals surface area contributed by atoms with Crippen molar-refractivity contribution in [2.24, 2.45) is 0 Å². The molecule has 0 atom stereocenters. The number of fused-ring (bicyclic) bond motifs is 2. The zero-order valence-corrected chi connectivity index (χ0v) is 21.5. The molecule has 1 amide bonds. The van der Waals surface area contributed by atoms with E-state index in [2.05, 4.69) is 14.9 Å². The first-order valence-corrected chi connectivity index (χ1v) is 12.2. The molecule has 0 aliphatic carbocycles. The molecule has 0 unspecified atom stereocenters. The van der Waals surface area contributed by atoms with Crippen molar-refractivity contribution in [1.82, 2.24) is 19.9 Å². The van der Waals surface area contributed by atoms with Gasteiger partial charge in [-0.1, -0.05) is 41.9 Å². The second-order valence-corrected chi connectivity index (χ2v) is 10.1. The molecule has 3 heterocycles. The number of amides is 1. The van der Waals surface area contributed by atoms with Crippen LogP contribution in [0.2, 0.25) is 5.02 Å². The summed E-state index contributed by atoms with van der Waals surface area (Å²) in [5.74, 6) is 0.732. The average Bonchev–Trinajstić information content (AvgIpc) is 2.86. The van der Waals surface area contributed by atoms with Crippen LogP contribution in [-0.2, 0) is 4.74 Å². The summed E-state index contributed by atoms with van der Waals surface area (Å²) in [5, 5.41) is 3.49. The summed E-state index contributed by atoms with van der Waals surface area (Å²) in [4.78, 5) is 30.4. The van der Waals surface area contributed by atoms with E-state index in [0.29, 0.717) is 36.8 Å². The van der Waals surface area contributed by atoms with Crippen LogP contribution < -0.4 is 9.64 Å². The number of halogens is 1. The summed E-state index contributed by atoms with van der Waals surface area (Å²) in [6, 6.07) is 16.1. The third kappa shape index (κ3) is 4.73. The summed E-state index contributed by atoms with van der Waals surface area (Å²) in [6.45, 7) is 7.88.